The molecule has 0 aliphatic carbocycles. The van der Waals surface area contributed by atoms with E-state index in [4.69, 9.17) is 11.6 Å². The van der Waals surface area contributed by atoms with Gasteiger partial charge in [0.1, 0.15) is 5.02 Å². The van der Waals surface area contributed by atoms with Gasteiger partial charge in [0, 0.05) is 13.1 Å². The third-order valence-corrected chi connectivity index (χ3v) is 3.36. The number of nitrogens with one attached hydrogen (secondary N) is 1. The van der Waals surface area contributed by atoms with Crippen LogP contribution in [0.15, 0.2) is 41.3 Å². The van der Waals surface area contributed by atoms with Gasteiger partial charge >= 0.3 is 0 Å². The predicted octanol–water partition coefficient (Wildman–Crippen LogP) is 2.96. The summed E-state index contributed by atoms with van der Waals surface area (Å²) in [5.41, 5.74) is 1.60. The second kappa shape index (κ2) is 7.10. The van der Waals surface area contributed by atoms with Crippen LogP contribution in [0.1, 0.15) is 18.9 Å². The van der Waals surface area contributed by atoms with Crippen LogP contribution in [0.4, 0.5) is 5.69 Å². The number of aryl methyl sites for hydroxylation is 1. The summed E-state index contributed by atoms with van der Waals surface area (Å²) in [5, 5.41) is 7.49. The molecule has 1 aromatic heterocycles. The topological polar surface area (TPSA) is 46.9 Å². The Morgan fingerprint density at radius 1 is 1.30 bits per heavy atom. The van der Waals surface area contributed by atoms with Crippen molar-refractivity contribution in [1.29, 1.82) is 0 Å². The minimum Gasteiger partial charge on any atom is -0.382 e. The van der Waals surface area contributed by atoms with Gasteiger partial charge in [-0.3, -0.25) is 4.79 Å². The lowest BCUT2D eigenvalue weighted by atomic mass is 10.1. The fraction of sp³-hybridized carbons (Fsp3) is 0.333. The van der Waals surface area contributed by atoms with Crippen LogP contribution in [0, 0.1) is 0 Å². The largest absolute Gasteiger partial charge is 0.382 e. The number of rotatable bonds is 6. The molecule has 0 aliphatic heterocycles. The van der Waals surface area contributed by atoms with Crippen molar-refractivity contribution < 1.29 is 0 Å². The molecule has 0 radical (unpaired) electrons. The lowest BCUT2D eigenvalue weighted by Crippen LogP contribution is -2.24. The molecule has 0 spiro atoms. The normalized spacial score (nSPS) is 10.5. The number of halogens is 1. The Balaban J connectivity index is 2.00. The highest BCUT2D eigenvalue weighted by atomic mass is 35.5. The van der Waals surface area contributed by atoms with E-state index in [0.717, 1.165) is 12.8 Å². The monoisotopic (exact) mass is 291 g/mol. The van der Waals surface area contributed by atoms with Crippen LogP contribution in [0.5, 0.6) is 0 Å². The van der Waals surface area contributed by atoms with E-state index < -0.39 is 0 Å². The van der Waals surface area contributed by atoms with Crippen molar-refractivity contribution in [3.8, 4) is 0 Å². The number of hydrogen-bond donors (Lipinski definition) is 1. The van der Waals surface area contributed by atoms with Crippen molar-refractivity contribution in [2.24, 2.45) is 0 Å². The summed E-state index contributed by atoms with van der Waals surface area (Å²) in [4.78, 5) is 11.9. The zero-order valence-electron chi connectivity index (χ0n) is 11.5. The average Bonchev–Trinajstić information content (AvgIpc) is 2.48. The highest BCUT2D eigenvalue weighted by molar-refractivity contribution is 6.32. The molecule has 5 heteroatoms. The molecule has 2 rings (SSSR count). The van der Waals surface area contributed by atoms with E-state index in [-0.39, 0.29) is 10.6 Å². The van der Waals surface area contributed by atoms with Gasteiger partial charge in [0.2, 0.25) is 0 Å². The molecule has 1 N–H and O–H groups in total. The lowest BCUT2D eigenvalue weighted by molar-refractivity contribution is 0.568. The maximum atomic E-state index is 11.9. The molecule has 2 aromatic rings. The third-order valence-electron chi connectivity index (χ3n) is 2.99. The Morgan fingerprint density at radius 2 is 2.05 bits per heavy atom. The first-order chi connectivity index (χ1) is 9.72. The molecule has 1 aromatic carbocycles. The molecule has 0 amide bonds. The van der Waals surface area contributed by atoms with E-state index >= 15 is 0 Å². The zero-order valence-corrected chi connectivity index (χ0v) is 12.2. The molecule has 0 aliphatic rings. The smallest absolute Gasteiger partial charge is 0.287 e. The summed E-state index contributed by atoms with van der Waals surface area (Å²) in [6.45, 7) is 3.29. The maximum absolute atomic E-state index is 11.9. The first-order valence-corrected chi connectivity index (χ1v) is 7.13. The molecular weight excluding hydrogens is 274 g/mol. The summed E-state index contributed by atoms with van der Waals surface area (Å²) < 4.78 is 1.39. The first-order valence-electron chi connectivity index (χ1n) is 6.75. The number of hydrogen-bond acceptors (Lipinski definition) is 3. The Hall–Kier alpha value is -1.81. The maximum Gasteiger partial charge on any atom is 0.287 e. The number of anilines is 1. The molecule has 0 fully saturated rings. The average molecular weight is 292 g/mol. The first kappa shape index (κ1) is 14.6. The molecule has 4 nitrogen and oxygen atoms in total. The molecule has 1 heterocycles. The SMILES string of the molecule is CCCn1ncc(NCCc2ccccc2)c(Cl)c1=O. The van der Waals surface area contributed by atoms with Crippen LogP contribution in [0.3, 0.4) is 0 Å². The molecule has 0 atom stereocenters. The fourth-order valence-corrected chi connectivity index (χ4v) is 2.16. The lowest BCUT2D eigenvalue weighted by Gasteiger charge is -2.09. The second-order valence-corrected chi connectivity index (χ2v) is 4.94. The fourth-order valence-electron chi connectivity index (χ4n) is 1.95. The minimum atomic E-state index is -0.238. The van der Waals surface area contributed by atoms with Crippen molar-refractivity contribution >= 4 is 17.3 Å². The second-order valence-electron chi connectivity index (χ2n) is 4.56. The Morgan fingerprint density at radius 3 is 2.75 bits per heavy atom. The van der Waals surface area contributed by atoms with E-state index in [9.17, 15) is 4.79 Å². The molecule has 20 heavy (non-hydrogen) atoms. The van der Waals surface area contributed by atoms with E-state index in [0.29, 0.717) is 18.8 Å². The van der Waals surface area contributed by atoms with Crippen molar-refractivity contribution in [3.63, 3.8) is 0 Å². The summed E-state index contributed by atoms with van der Waals surface area (Å²) in [6, 6.07) is 10.2. The molecule has 0 bridgehead atoms. The summed E-state index contributed by atoms with van der Waals surface area (Å²) >= 11 is 6.08. The van der Waals surface area contributed by atoms with Gasteiger partial charge in [-0.15, -0.1) is 0 Å². The molecular formula is C15H18ClN3O. The van der Waals surface area contributed by atoms with Crippen molar-refractivity contribution in [1.82, 2.24) is 9.78 Å². The quantitative estimate of drug-likeness (QED) is 0.890. The van der Waals surface area contributed by atoms with Gasteiger partial charge in [0.15, 0.2) is 0 Å². The van der Waals surface area contributed by atoms with Crippen LogP contribution < -0.4 is 10.9 Å². The van der Waals surface area contributed by atoms with E-state index in [2.05, 4.69) is 22.5 Å². The van der Waals surface area contributed by atoms with Crippen LogP contribution in [0.25, 0.3) is 0 Å². The summed E-state index contributed by atoms with van der Waals surface area (Å²) in [5.74, 6) is 0. The molecule has 0 saturated heterocycles. The minimum absolute atomic E-state index is 0.210. The Bertz CT molecular complexity index is 610. The summed E-state index contributed by atoms with van der Waals surface area (Å²) in [6.07, 6.45) is 3.34. The number of aromatic nitrogens is 2. The standard InChI is InChI=1S/C15H18ClN3O/c1-2-10-19-15(20)14(16)13(11-18-19)17-9-8-12-6-4-3-5-7-12/h3-7,11,17H,2,8-10H2,1H3. The van der Waals surface area contributed by atoms with Crippen LogP contribution in [0.2, 0.25) is 5.02 Å². The van der Waals surface area contributed by atoms with E-state index in [1.165, 1.54) is 10.2 Å². The van der Waals surface area contributed by atoms with Gasteiger partial charge in [0.05, 0.1) is 11.9 Å². The highest BCUT2D eigenvalue weighted by Crippen LogP contribution is 2.15. The van der Waals surface area contributed by atoms with Gasteiger partial charge in [-0.25, -0.2) is 4.68 Å². The van der Waals surface area contributed by atoms with Gasteiger partial charge in [0.25, 0.3) is 5.56 Å². The molecule has 106 valence electrons. The van der Waals surface area contributed by atoms with Crippen LogP contribution >= 0.6 is 11.6 Å². The van der Waals surface area contributed by atoms with E-state index in [1.54, 1.807) is 6.20 Å². The highest BCUT2D eigenvalue weighted by Gasteiger charge is 2.08. The van der Waals surface area contributed by atoms with Crippen LogP contribution in [-0.4, -0.2) is 16.3 Å². The number of benzene rings is 1. The van der Waals surface area contributed by atoms with Crippen LogP contribution in [-0.2, 0) is 13.0 Å². The molecule has 0 saturated carbocycles. The predicted molar refractivity (Wildman–Crippen MR) is 82.4 cm³/mol. The Kier molecular flexibility index (Phi) is 5.18. The Labute approximate surface area is 123 Å². The zero-order chi connectivity index (χ0) is 14.4. The van der Waals surface area contributed by atoms with Crippen molar-refractivity contribution in [2.45, 2.75) is 26.3 Å². The van der Waals surface area contributed by atoms with Gasteiger partial charge in [-0.2, -0.15) is 5.10 Å². The third kappa shape index (κ3) is 3.61. The number of nitrogens with zero attached hydrogens (tertiary/aromatic N) is 2. The van der Waals surface area contributed by atoms with Gasteiger partial charge in [-0.05, 0) is 18.4 Å². The van der Waals surface area contributed by atoms with Crippen molar-refractivity contribution in [3.05, 3.63) is 57.5 Å². The van der Waals surface area contributed by atoms with Crippen molar-refractivity contribution in [2.75, 3.05) is 11.9 Å². The molecule has 0 unspecified atom stereocenters. The summed E-state index contributed by atoms with van der Waals surface area (Å²) in [7, 11) is 0. The van der Waals surface area contributed by atoms with E-state index in [1.807, 2.05) is 25.1 Å². The van der Waals surface area contributed by atoms with Gasteiger partial charge < -0.3 is 5.32 Å². The van der Waals surface area contributed by atoms with Gasteiger partial charge in [-0.1, -0.05) is 48.9 Å².